The molecule has 1 amide bonds. The Morgan fingerprint density at radius 3 is 2.61 bits per heavy atom. The lowest BCUT2D eigenvalue weighted by atomic mass is 9.84. The van der Waals surface area contributed by atoms with Gasteiger partial charge in [-0.15, -0.1) is 12.4 Å². The summed E-state index contributed by atoms with van der Waals surface area (Å²) < 4.78 is 44.6. The maximum Gasteiger partial charge on any atom is 0.418 e. The lowest BCUT2D eigenvalue weighted by Crippen LogP contribution is -2.63. The van der Waals surface area contributed by atoms with Crippen LogP contribution in [0.3, 0.4) is 0 Å². The van der Waals surface area contributed by atoms with Crippen molar-refractivity contribution in [3.63, 3.8) is 0 Å². The van der Waals surface area contributed by atoms with E-state index in [9.17, 15) is 23.1 Å². The van der Waals surface area contributed by atoms with Crippen LogP contribution >= 0.6 is 24.0 Å². The smallest absolute Gasteiger partial charge is 0.379 e. The quantitative estimate of drug-likeness (QED) is 0.469. The highest BCUT2D eigenvalue weighted by molar-refractivity contribution is 6.34. The molecule has 2 aliphatic rings. The van der Waals surface area contributed by atoms with Crippen molar-refractivity contribution in [2.75, 3.05) is 6.61 Å². The number of nitrogens with zero attached hydrogens (tertiary/aromatic N) is 1. The van der Waals surface area contributed by atoms with Crippen LogP contribution in [-0.2, 0) is 15.1 Å². The van der Waals surface area contributed by atoms with Crippen molar-refractivity contribution in [2.45, 2.75) is 63.1 Å². The Morgan fingerprint density at radius 1 is 1.28 bits per heavy atom. The Bertz CT molecular complexity index is 1130. The topological polar surface area (TPSA) is 85.7 Å². The summed E-state index contributed by atoms with van der Waals surface area (Å²) in [5.74, 6) is -0.216. The molecule has 2 heterocycles. The van der Waals surface area contributed by atoms with Crippen molar-refractivity contribution in [1.29, 1.82) is 5.41 Å². The SMILES string of the molecule is C[C@H]1C[C@@H](N2C(=N)N[C@](C)(c3cccc(-c4cccc([C@H](O)C(F)(F)F)c4)c3Cl)CC2=O)CCO1.Cl. The molecule has 2 aromatic carbocycles. The van der Waals surface area contributed by atoms with Gasteiger partial charge in [-0.1, -0.05) is 48.0 Å². The minimum absolute atomic E-state index is 0. The van der Waals surface area contributed by atoms with Crippen LogP contribution in [0.25, 0.3) is 11.1 Å². The van der Waals surface area contributed by atoms with Crippen LogP contribution in [0.4, 0.5) is 13.2 Å². The molecule has 3 N–H and O–H groups in total. The third-order valence-electron chi connectivity index (χ3n) is 6.65. The number of nitrogens with one attached hydrogen (secondary N) is 2. The monoisotopic (exact) mass is 545 g/mol. The first-order valence-corrected chi connectivity index (χ1v) is 11.7. The molecular weight excluding hydrogens is 518 g/mol. The standard InChI is InChI=1S/C25H27ClF3N3O3.ClH/c1-14-11-17(9-10-35-14)32-20(33)13-24(2,31-23(32)30)19-8-4-7-18(21(19)26)15-5-3-6-16(12-15)22(34)25(27,28)29;/h3-8,12,14,17,22,34H,9-11,13H2,1-2H3,(H2,30,31);1H/t14-,17-,22-,24-;/m0./s1. The zero-order valence-corrected chi connectivity index (χ0v) is 21.3. The van der Waals surface area contributed by atoms with Crippen LogP contribution in [0.15, 0.2) is 42.5 Å². The molecule has 6 nitrogen and oxygen atoms in total. The van der Waals surface area contributed by atoms with E-state index in [1.165, 1.54) is 23.1 Å². The predicted octanol–water partition coefficient (Wildman–Crippen LogP) is 5.56. The summed E-state index contributed by atoms with van der Waals surface area (Å²) in [4.78, 5) is 14.7. The molecule has 4 rings (SSSR count). The van der Waals surface area contributed by atoms with Gasteiger partial charge in [0.2, 0.25) is 5.91 Å². The van der Waals surface area contributed by atoms with Gasteiger partial charge in [-0.05, 0) is 49.4 Å². The minimum Gasteiger partial charge on any atom is -0.379 e. The molecule has 0 bridgehead atoms. The number of benzene rings is 2. The minimum atomic E-state index is -4.79. The van der Waals surface area contributed by atoms with E-state index in [1.807, 2.05) is 6.92 Å². The van der Waals surface area contributed by atoms with Crippen molar-refractivity contribution in [2.24, 2.45) is 0 Å². The van der Waals surface area contributed by atoms with Gasteiger partial charge >= 0.3 is 6.18 Å². The lowest BCUT2D eigenvalue weighted by molar-refractivity contribution is -0.206. The number of aliphatic hydroxyl groups is 1. The highest BCUT2D eigenvalue weighted by Crippen LogP contribution is 2.41. The summed E-state index contributed by atoms with van der Waals surface area (Å²) in [6.07, 6.45) is -6.06. The molecule has 196 valence electrons. The third kappa shape index (κ3) is 5.49. The van der Waals surface area contributed by atoms with Gasteiger partial charge in [0.05, 0.1) is 23.1 Å². The van der Waals surface area contributed by atoms with Crippen LogP contribution in [-0.4, -0.2) is 46.8 Å². The molecule has 4 atom stereocenters. The van der Waals surface area contributed by atoms with Crippen molar-refractivity contribution >= 4 is 35.9 Å². The first kappa shape index (κ1) is 28.2. The van der Waals surface area contributed by atoms with Crippen LogP contribution in [0.1, 0.15) is 50.3 Å². The van der Waals surface area contributed by atoms with E-state index in [2.05, 4.69) is 5.32 Å². The van der Waals surface area contributed by atoms with Gasteiger partial charge in [0.1, 0.15) is 0 Å². The van der Waals surface area contributed by atoms with Crippen molar-refractivity contribution in [1.82, 2.24) is 10.2 Å². The maximum atomic E-state index is 13.2. The second-order valence-electron chi connectivity index (χ2n) is 9.34. The van der Waals surface area contributed by atoms with Crippen molar-refractivity contribution in [3.05, 3.63) is 58.6 Å². The number of amides is 1. The van der Waals surface area contributed by atoms with E-state index >= 15 is 0 Å². The Labute approximate surface area is 218 Å². The molecule has 0 radical (unpaired) electrons. The zero-order valence-electron chi connectivity index (χ0n) is 19.7. The molecule has 2 saturated heterocycles. The summed E-state index contributed by atoms with van der Waals surface area (Å²) in [6.45, 7) is 4.24. The molecule has 0 aromatic heterocycles. The highest BCUT2D eigenvalue weighted by atomic mass is 35.5. The number of halogens is 5. The molecule has 11 heteroatoms. The number of ether oxygens (including phenoxy) is 1. The molecule has 2 fully saturated rings. The fraction of sp³-hybridized carbons (Fsp3) is 0.440. The van der Waals surface area contributed by atoms with E-state index in [4.69, 9.17) is 21.7 Å². The van der Waals surface area contributed by atoms with Crippen LogP contribution in [0, 0.1) is 5.41 Å². The number of guanidine groups is 1. The summed E-state index contributed by atoms with van der Waals surface area (Å²) >= 11 is 6.75. The molecule has 0 spiro atoms. The Balaban J connectivity index is 0.00000361. The zero-order chi connectivity index (χ0) is 25.5. The number of carbonyl (C=O) groups excluding carboxylic acids is 1. The molecule has 2 aliphatic heterocycles. The van der Waals surface area contributed by atoms with Gasteiger partial charge in [-0.25, -0.2) is 0 Å². The fourth-order valence-corrected chi connectivity index (χ4v) is 5.33. The first-order chi connectivity index (χ1) is 16.4. The van der Waals surface area contributed by atoms with Crippen LogP contribution in [0.5, 0.6) is 0 Å². The van der Waals surface area contributed by atoms with Gasteiger partial charge in [-0.3, -0.25) is 15.1 Å². The van der Waals surface area contributed by atoms with E-state index in [0.717, 1.165) is 0 Å². The van der Waals surface area contributed by atoms with Gasteiger partial charge in [-0.2, -0.15) is 13.2 Å². The van der Waals surface area contributed by atoms with Gasteiger partial charge in [0.15, 0.2) is 12.1 Å². The average molecular weight is 546 g/mol. The third-order valence-corrected chi connectivity index (χ3v) is 7.06. The second-order valence-corrected chi connectivity index (χ2v) is 9.72. The van der Waals surface area contributed by atoms with E-state index in [1.54, 1.807) is 31.2 Å². The van der Waals surface area contributed by atoms with Crippen LogP contribution < -0.4 is 5.32 Å². The van der Waals surface area contributed by atoms with Crippen molar-refractivity contribution < 1.29 is 27.8 Å². The number of hydrogen-bond acceptors (Lipinski definition) is 4. The number of hydrogen-bond donors (Lipinski definition) is 3. The number of alkyl halides is 3. The predicted molar refractivity (Wildman–Crippen MR) is 133 cm³/mol. The summed E-state index contributed by atoms with van der Waals surface area (Å²) in [5, 5.41) is 21.6. The lowest BCUT2D eigenvalue weighted by Gasteiger charge is -2.45. The molecule has 0 unspecified atom stereocenters. The van der Waals surface area contributed by atoms with E-state index in [0.29, 0.717) is 36.1 Å². The van der Waals surface area contributed by atoms with Gasteiger partial charge in [0, 0.05) is 18.2 Å². The molecule has 0 aliphatic carbocycles. The molecule has 0 saturated carbocycles. The van der Waals surface area contributed by atoms with Crippen molar-refractivity contribution in [3.8, 4) is 11.1 Å². The van der Waals surface area contributed by atoms with E-state index < -0.39 is 17.8 Å². The molecule has 36 heavy (non-hydrogen) atoms. The first-order valence-electron chi connectivity index (χ1n) is 11.3. The summed E-state index contributed by atoms with van der Waals surface area (Å²) in [7, 11) is 0. The Morgan fingerprint density at radius 2 is 1.97 bits per heavy atom. The molecule has 2 aromatic rings. The Kier molecular flexibility index (Phi) is 8.30. The van der Waals surface area contributed by atoms with Gasteiger partial charge < -0.3 is 15.2 Å². The summed E-state index contributed by atoms with van der Waals surface area (Å²) in [6, 6.07) is 10.5. The number of carbonyl (C=O) groups is 1. The summed E-state index contributed by atoms with van der Waals surface area (Å²) in [5.41, 5.74) is 0.130. The fourth-order valence-electron chi connectivity index (χ4n) is 4.88. The van der Waals surface area contributed by atoms with Gasteiger partial charge in [0.25, 0.3) is 0 Å². The highest BCUT2D eigenvalue weighted by Gasteiger charge is 2.44. The van der Waals surface area contributed by atoms with E-state index in [-0.39, 0.29) is 53.4 Å². The molecular formula is C25H28Cl2F3N3O3. The van der Waals surface area contributed by atoms with Crippen LogP contribution in [0.2, 0.25) is 5.02 Å². The average Bonchev–Trinajstić information content (AvgIpc) is 2.77. The normalized spacial score (nSPS) is 25.7. The number of aliphatic hydroxyl groups excluding tert-OH is 1. The second kappa shape index (κ2) is 10.6. The number of rotatable bonds is 4. The largest absolute Gasteiger partial charge is 0.418 e. The Hall–Kier alpha value is -2.33. The maximum absolute atomic E-state index is 13.2.